The van der Waals surface area contributed by atoms with Crippen LogP contribution in [0.4, 0.5) is 0 Å². The van der Waals surface area contributed by atoms with Crippen molar-refractivity contribution in [3.05, 3.63) is 58.7 Å². The lowest BCUT2D eigenvalue weighted by molar-refractivity contribution is -0.113. The molecular formula is C23H33NO3. The largest absolute Gasteiger partial charge is 0.508 e. The molecule has 1 unspecified atom stereocenters. The van der Waals surface area contributed by atoms with Gasteiger partial charge >= 0.3 is 0 Å². The molecule has 0 heterocycles. The molecule has 4 nitrogen and oxygen atoms in total. The summed E-state index contributed by atoms with van der Waals surface area (Å²) in [6.45, 7) is 15.3. The Morgan fingerprint density at radius 1 is 1.37 bits per heavy atom. The third-order valence-corrected chi connectivity index (χ3v) is 5.34. The third-order valence-electron chi connectivity index (χ3n) is 5.34. The van der Waals surface area contributed by atoms with Crippen LogP contribution in [0.3, 0.4) is 0 Å². The fraction of sp³-hybridized carbons (Fsp3) is 0.435. The summed E-state index contributed by atoms with van der Waals surface area (Å²) >= 11 is 0. The number of benzene rings is 1. The molecule has 1 atom stereocenters. The number of aliphatic hydroxyl groups is 1. The average Bonchev–Trinajstić information content (AvgIpc) is 2.57. The number of carbonyl (C=O) groups is 1. The molecule has 4 heteroatoms. The zero-order valence-electron chi connectivity index (χ0n) is 17.4. The zero-order valence-corrected chi connectivity index (χ0v) is 17.4. The van der Waals surface area contributed by atoms with Crippen molar-refractivity contribution < 1.29 is 15.0 Å². The van der Waals surface area contributed by atoms with Crippen molar-refractivity contribution in [3.8, 4) is 5.75 Å². The van der Waals surface area contributed by atoms with Crippen LogP contribution in [0.5, 0.6) is 5.75 Å². The van der Waals surface area contributed by atoms with Crippen LogP contribution in [0, 0.1) is 18.3 Å². The number of Topliss-reactive ketones (excluding diaryl/α,β-unsaturated/α-hetero) is 1. The van der Waals surface area contributed by atoms with Crippen molar-refractivity contribution in [2.24, 2.45) is 17.1 Å². The molecule has 0 saturated heterocycles. The Hall–Kier alpha value is -2.33. The van der Waals surface area contributed by atoms with E-state index in [0.717, 1.165) is 16.7 Å². The molecule has 0 aliphatic heterocycles. The van der Waals surface area contributed by atoms with Gasteiger partial charge in [-0.1, -0.05) is 39.5 Å². The number of aliphatic hydroxyl groups excluding tert-OH is 1. The molecule has 0 radical (unpaired) electrons. The van der Waals surface area contributed by atoms with Crippen LogP contribution in [0.1, 0.15) is 51.3 Å². The molecule has 1 rings (SSSR count). The molecule has 1 aromatic carbocycles. The Morgan fingerprint density at radius 3 is 2.44 bits per heavy atom. The number of aromatic hydroxyl groups is 1. The van der Waals surface area contributed by atoms with Crippen molar-refractivity contribution in [1.82, 2.24) is 0 Å². The minimum Gasteiger partial charge on any atom is -0.508 e. The van der Waals surface area contributed by atoms with Gasteiger partial charge in [-0.25, -0.2) is 0 Å². The van der Waals surface area contributed by atoms with Crippen LogP contribution >= 0.6 is 0 Å². The van der Waals surface area contributed by atoms with Gasteiger partial charge in [0.1, 0.15) is 5.75 Å². The number of aryl methyl sites for hydroxylation is 1. The Kier molecular flexibility index (Phi) is 7.61. The number of hydrogen-bond acceptors (Lipinski definition) is 4. The second-order valence-electron chi connectivity index (χ2n) is 7.93. The van der Waals surface area contributed by atoms with Crippen LogP contribution in [0.25, 0.3) is 5.70 Å². The highest BCUT2D eigenvalue weighted by Crippen LogP contribution is 2.33. The van der Waals surface area contributed by atoms with Gasteiger partial charge < -0.3 is 15.9 Å². The predicted molar refractivity (Wildman–Crippen MR) is 112 cm³/mol. The van der Waals surface area contributed by atoms with Crippen molar-refractivity contribution in [3.63, 3.8) is 0 Å². The molecule has 0 aromatic heterocycles. The van der Waals surface area contributed by atoms with Gasteiger partial charge in [0.05, 0.1) is 0 Å². The monoisotopic (exact) mass is 371 g/mol. The number of nitrogens with two attached hydrogens (primary N) is 1. The highest BCUT2D eigenvalue weighted by Gasteiger charge is 2.26. The molecule has 0 amide bonds. The number of phenolic OH excluding ortho intramolecular Hbond substituents is 1. The van der Waals surface area contributed by atoms with Gasteiger partial charge in [-0.15, -0.1) is 0 Å². The lowest BCUT2D eigenvalue weighted by atomic mass is 9.76. The summed E-state index contributed by atoms with van der Waals surface area (Å²) in [4.78, 5) is 11.7. The van der Waals surface area contributed by atoms with Crippen molar-refractivity contribution in [2.75, 3.05) is 6.61 Å². The number of carbonyl (C=O) groups excluding carboxylic acids is 1. The quantitative estimate of drug-likeness (QED) is 0.470. The lowest BCUT2D eigenvalue weighted by Gasteiger charge is -2.30. The van der Waals surface area contributed by atoms with Gasteiger partial charge in [-0.2, -0.15) is 0 Å². The fourth-order valence-corrected chi connectivity index (χ4v) is 2.91. The van der Waals surface area contributed by atoms with Crippen molar-refractivity contribution >= 4 is 11.5 Å². The molecule has 148 valence electrons. The summed E-state index contributed by atoms with van der Waals surface area (Å²) in [5.41, 5.74) is 10.1. The number of ketones is 1. The molecule has 4 N–H and O–H groups in total. The SMILES string of the molecule is C=C(/C=C(\N)c1cc(O)c(C)cc1CC(C)C(C)(C)CO)/C(=C\C)C(C)=O. The minimum atomic E-state index is -0.238. The first-order valence-corrected chi connectivity index (χ1v) is 9.22. The second kappa shape index (κ2) is 9.05. The topological polar surface area (TPSA) is 83.6 Å². The average molecular weight is 372 g/mol. The highest BCUT2D eigenvalue weighted by atomic mass is 16.3. The third kappa shape index (κ3) is 5.57. The standard InChI is InChI=1S/C23H33NO3/c1-8-19(17(5)26)14(2)10-21(24)20-12-22(27)15(3)9-18(20)11-16(4)23(6,7)13-25/h8-10,12,16,25,27H,2,11,13,24H2,1,3-7H3/b19-8+,21-10-. The first-order chi connectivity index (χ1) is 12.4. The van der Waals surface area contributed by atoms with Gasteiger partial charge in [-0.3, -0.25) is 4.79 Å². The molecule has 27 heavy (non-hydrogen) atoms. The Morgan fingerprint density at radius 2 is 1.96 bits per heavy atom. The maximum atomic E-state index is 11.7. The van der Waals surface area contributed by atoms with E-state index in [0.29, 0.717) is 23.3 Å². The first kappa shape index (κ1) is 22.7. The van der Waals surface area contributed by atoms with Crippen LogP contribution < -0.4 is 5.73 Å². The highest BCUT2D eigenvalue weighted by molar-refractivity contribution is 5.98. The molecule has 0 spiro atoms. The summed E-state index contributed by atoms with van der Waals surface area (Å²) in [6, 6.07) is 3.59. The van der Waals surface area contributed by atoms with Crippen LogP contribution in [0.15, 0.2) is 42.0 Å². The number of rotatable bonds is 8. The maximum Gasteiger partial charge on any atom is 0.160 e. The molecular weight excluding hydrogens is 338 g/mol. The van der Waals surface area contributed by atoms with Crippen LogP contribution in [-0.4, -0.2) is 22.6 Å². The summed E-state index contributed by atoms with van der Waals surface area (Å²) in [6.07, 6.45) is 4.09. The van der Waals surface area contributed by atoms with E-state index in [9.17, 15) is 15.0 Å². The molecule has 0 bridgehead atoms. The number of hydrogen-bond donors (Lipinski definition) is 3. The second-order valence-corrected chi connectivity index (χ2v) is 7.93. The smallest absolute Gasteiger partial charge is 0.160 e. The van der Waals surface area contributed by atoms with Crippen LogP contribution in [0.2, 0.25) is 0 Å². The van der Waals surface area contributed by atoms with Gasteiger partial charge in [0.25, 0.3) is 0 Å². The van der Waals surface area contributed by atoms with Gasteiger partial charge in [0, 0.05) is 23.4 Å². The molecule has 1 aromatic rings. The van der Waals surface area contributed by atoms with Gasteiger partial charge in [0.15, 0.2) is 5.78 Å². The summed E-state index contributed by atoms with van der Waals surface area (Å²) < 4.78 is 0. The van der Waals surface area contributed by atoms with E-state index in [1.165, 1.54) is 6.92 Å². The Bertz CT molecular complexity index is 785. The minimum absolute atomic E-state index is 0.0724. The van der Waals surface area contributed by atoms with E-state index in [4.69, 9.17) is 5.73 Å². The number of allylic oxidation sites excluding steroid dienone is 4. The molecule has 0 aliphatic rings. The van der Waals surface area contributed by atoms with E-state index in [1.807, 2.05) is 26.8 Å². The van der Waals surface area contributed by atoms with E-state index in [2.05, 4.69) is 13.5 Å². The molecule has 0 fully saturated rings. The van der Waals surface area contributed by atoms with E-state index < -0.39 is 0 Å². The van der Waals surface area contributed by atoms with Gasteiger partial charge in [-0.05, 0) is 67.4 Å². The number of phenols is 1. The fourth-order valence-electron chi connectivity index (χ4n) is 2.91. The summed E-state index contributed by atoms with van der Waals surface area (Å²) in [5, 5.41) is 19.8. The predicted octanol–water partition coefficient (Wildman–Crippen LogP) is 4.29. The zero-order chi connectivity index (χ0) is 20.9. The van der Waals surface area contributed by atoms with Crippen molar-refractivity contribution in [1.29, 1.82) is 0 Å². The van der Waals surface area contributed by atoms with Crippen LogP contribution in [-0.2, 0) is 11.2 Å². The normalized spacial score (nSPS) is 14.2. The summed E-state index contributed by atoms with van der Waals surface area (Å²) in [5.74, 6) is 0.295. The van der Waals surface area contributed by atoms with Gasteiger partial charge in [0.2, 0.25) is 0 Å². The molecule has 0 aliphatic carbocycles. The molecule has 0 saturated carbocycles. The van der Waals surface area contributed by atoms with E-state index in [-0.39, 0.29) is 29.5 Å². The van der Waals surface area contributed by atoms with E-state index in [1.54, 1.807) is 25.1 Å². The summed E-state index contributed by atoms with van der Waals surface area (Å²) in [7, 11) is 0. The lowest BCUT2D eigenvalue weighted by Crippen LogP contribution is -2.27. The van der Waals surface area contributed by atoms with Crippen molar-refractivity contribution in [2.45, 2.75) is 48.0 Å². The maximum absolute atomic E-state index is 11.7. The first-order valence-electron chi connectivity index (χ1n) is 9.22. The Labute approximate surface area is 163 Å². The van der Waals surface area contributed by atoms with E-state index >= 15 is 0 Å². The Balaban J connectivity index is 3.38.